The number of benzene rings is 1. The molecule has 1 aromatic heterocycles. The lowest BCUT2D eigenvalue weighted by Gasteiger charge is -2.30. The molecule has 1 aromatic carbocycles. The lowest BCUT2D eigenvalue weighted by molar-refractivity contribution is 0.0950. The first-order chi connectivity index (χ1) is 12.2. The predicted octanol–water partition coefficient (Wildman–Crippen LogP) is 2.78. The van der Waals surface area contributed by atoms with Gasteiger partial charge in [0.15, 0.2) is 0 Å². The van der Waals surface area contributed by atoms with Gasteiger partial charge in [-0.1, -0.05) is 19.1 Å². The maximum atomic E-state index is 12.2. The molecule has 5 heteroatoms. The molecule has 1 saturated heterocycles. The highest BCUT2D eigenvalue weighted by Crippen LogP contribution is 2.15. The Morgan fingerprint density at radius 2 is 2.16 bits per heavy atom. The number of aromatic nitrogens is 2. The number of likely N-dealkylation sites (tertiary alicyclic amines) is 1. The summed E-state index contributed by atoms with van der Waals surface area (Å²) in [5, 5.41) is 3.03. The molecular formula is C20H28N4O. The molecule has 0 saturated carbocycles. The Labute approximate surface area is 150 Å². The van der Waals surface area contributed by atoms with Gasteiger partial charge in [0.1, 0.15) is 0 Å². The van der Waals surface area contributed by atoms with Crippen LogP contribution in [-0.4, -0.2) is 46.5 Å². The molecule has 2 heterocycles. The van der Waals surface area contributed by atoms with Gasteiger partial charge in [-0.25, -0.2) is 4.98 Å². The number of nitrogens with one attached hydrogen (secondary N) is 1. The fraction of sp³-hybridized carbons (Fsp3) is 0.500. The molecule has 1 aliphatic heterocycles. The highest BCUT2D eigenvalue weighted by atomic mass is 16.1. The largest absolute Gasteiger partial charge is 0.352 e. The number of imidazole rings is 1. The van der Waals surface area contributed by atoms with Crippen molar-refractivity contribution in [3.05, 3.63) is 54.1 Å². The van der Waals surface area contributed by atoms with Crippen LogP contribution in [0, 0.1) is 5.92 Å². The second-order valence-electron chi connectivity index (χ2n) is 7.09. The van der Waals surface area contributed by atoms with Gasteiger partial charge in [-0.3, -0.25) is 4.79 Å². The number of rotatable bonds is 7. The summed E-state index contributed by atoms with van der Waals surface area (Å²) in [5.41, 5.74) is 1.88. The molecule has 1 aliphatic rings. The van der Waals surface area contributed by atoms with E-state index in [4.69, 9.17) is 0 Å². The van der Waals surface area contributed by atoms with Crippen molar-refractivity contribution in [2.75, 3.05) is 26.2 Å². The third-order valence-electron chi connectivity index (χ3n) is 4.82. The Balaban J connectivity index is 1.39. The maximum Gasteiger partial charge on any atom is 0.251 e. The Hall–Kier alpha value is -2.14. The van der Waals surface area contributed by atoms with Gasteiger partial charge in [0, 0.05) is 37.6 Å². The third kappa shape index (κ3) is 5.43. The molecule has 0 spiro atoms. The number of carbonyl (C=O) groups excluding carboxylic acids is 1. The van der Waals surface area contributed by atoms with Crippen molar-refractivity contribution in [3.63, 3.8) is 0 Å². The van der Waals surface area contributed by atoms with Crippen LogP contribution >= 0.6 is 0 Å². The average Bonchev–Trinajstić information content (AvgIpc) is 3.12. The Morgan fingerprint density at radius 1 is 1.32 bits per heavy atom. The fourth-order valence-electron chi connectivity index (χ4n) is 3.45. The van der Waals surface area contributed by atoms with Gasteiger partial charge in [0.05, 0.1) is 6.33 Å². The lowest BCUT2D eigenvalue weighted by atomic mass is 10.0. The highest BCUT2D eigenvalue weighted by Gasteiger charge is 2.15. The molecule has 5 nitrogen and oxygen atoms in total. The summed E-state index contributed by atoms with van der Waals surface area (Å²) in [4.78, 5) is 18.8. The normalized spacial score (nSPS) is 18.2. The Kier molecular flexibility index (Phi) is 6.23. The van der Waals surface area contributed by atoms with E-state index in [-0.39, 0.29) is 5.91 Å². The van der Waals surface area contributed by atoms with Crippen LogP contribution in [0.25, 0.3) is 0 Å². The monoisotopic (exact) mass is 340 g/mol. The van der Waals surface area contributed by atoms with E-state index >= 15 is 0 Å². The van der Waals surface area contributed by atoms with Crippen molar-refractivity contribution in [1.29, 1.82) is 0 Å². The molecular weight excluding hydrogens is 312 g/mol. The first kappa shape index (κ1) is 17.7. The third-order valence-corrected chi connectivity index (χ3v) is 4.82. The van der Waals surface area contributed by atoms with E-state index in [0.717, 1.165) is 43.1 Å². The van der Waals surface area contributed by atoms with Gasteiger partial charge < -0.3 is 14.8 Å². The number of piperidine rings is 1. The zero-order chi connectivity index (χ0) is 17.5. The molecule has 0 unspecified atom stereocenters. The predicted molar refractivity (Wildman–Crippen MR) is 99.6 cm³/mol. The van der Waals surface area contributed by atoms with Crippen LogP contribution in [0.4, 0.5) is 0 Å². The van der Waals surface area contributed by atoms with Crippen molar-refractivity contribution < 1.29 is 4.79 Å². The molecule has 1 amide bonds. The molecule has 1 N–H and O–H groups in total. The van der Waals surface area contributed by atoms with Crippen molar-refractivity contribution in [2.45, 2.75) is 32.7 Å². The maximum absolute atomic E-state index is 12.2. The Morgan fingerprint density at radius 3 is 2.88 bits per heavy atom. The zero-order valence-corrected chi connectivity index (χ0v) is 15.0. The van der Waals surface area contributed by atoms with E-state index in [1.54, 1.807) is 12.5 Å². The fourth-order valence-corrected chi connectivity index (χ4v) is 3.45. The highest BCUT2D eigenvalue weighted by molar-refractivity contribution is 5.94. The van der Waals surface area contributed by atoms with Crippen molar-refractivity contribution >= 4 is 5.91 Å². The summed E-state index contributed by atoms with van der Waals surface area (Å²) < 4.78 is 2.01. The summed E-state index contributed by atoms with van der Waals surface area (Å²) in [6, 6.07) is 7.80. The first-order valence-corrected chi connectivity index (χ1v) is 9.26. The van der Waals surface area contributed by atoms with Crippen LogP contribution < -0.4 is 5.32 Å². The molecule has 0 aliphatic carbocycles. The van der Waals surface area contributed by atoms with Gasteiger partial charge in [-0.15, -0.1) is 0 Å². The molecule has 0 bridgehead atoms. The SMILES string of the molecule is C[C@@H]1CCCN(CCCNC(=O)c2ccc(Cn3ccnc3)cc2)C1. The first-order valence-electron chi connectivity index (χ1n) is 9.26. The van der Waals surface area contributed by atoms with Crippen molar-refractivity contribution in [1.82, 2.24) is 19.8 Å². The van der Waals surface area contributed by atoms with E-state index in [1.807, 2.05) is 35.0 Å². The van der Waals surface area contributed by atoms with Gasteiger partial charge >= 0.3 is 0 Å². The van der Waals surface area contributed by atoms with Crippen LogP contribution in [0.1, 0.15) is 42.1 Å². The minimum atomic E-state index is 0.0150. The van der Waals surface area contributed by atoms with Crippen molar-refractivity contribution in [2.24, 2.45) is 5.92 Å². The topological polar surface area (TPSA) is 50.2 Å². The number of hydrogen-bond donors (Lipinski definition) is 1. The van der Waals surface area contributed by atoms with Crippen LogP contribution in [-0.2, 0) is 6.54 Å². The van der Waals surface area contributed by atoms with Gasteiger partial charge in [-0.05, 0) is 56.0 Å². The number of nitrogens with zero attached hydrogens (tertiary/aromatic N) is 3. The molecule has 2 aromatic rings. The van der Waals surface area contributed by atoms with Crippen LogP contribution in [0.5, 0.6) is 0 Å². The van der Waals surface area contributed by atoms with E-state index in [9.17, 15) is 4.79 Å². The summed E-state index contributed by atoms with van der Waals surface area (Å²) >= 11 is 0. The second kappa shape index (κ2) is 8.81. The quantitative estimate of drug-likeness (QED) is 0.789. The van der Waals surface area contributed by atoms with Crippen LogP contribution in [0.3, 0.4) is 0 Å². The van der Waals surface area contributed by atoms with Gasteiger partial charge in [-0.2, -0.15) is 0 Å². The zero-order valence-electron chi connectivity index (χ0n) is 15.0. The van der Waals surface area contributed by atoms with Crippen molar-refractivity contribution in [3.8, 4) is 0 Å². The van der Waals surface area contributed by atoms with Crippen LogP contribution in [0.15, 0.2) is 43.0 Å². The number of amides is 1. The minimum absolute atomic E-state index is 0.0150. The van der Waals surface area contributed by atoms with Gasteiger partial charge in [0.25, 0.3) is 5.91 Å². The Bertz CT molecular complexity index is 651. The van der Waals surface area contributed by atoms with E-state index in [0.29, 0.717) is 0 Å². The summed E-state index contributed by atoms with van der Waals surface area (Å²) in [7, 11) is 0. The second-order valence-corrected chi connectivity index (χ2v) is 7.09. The smallest absolute Gasteiger partial charge is 0.251 e. The number of carbonyl (C=O) groups is 1. The van der Waals surface area contributed by atoms with E-state index in [2.05, 4.69) is 22.1 Å². The average molecular weight is 340 g/mol. The van der Waals surface area contributed by atoms with E-state index < -0.39 is 0 Å². The standard InChI is InChI=1S/C20H28N4O/c1-17-4-2-11-23(14-17)12-3-9-22-20(25)19-7-5-18(6-8-19)15-24-13-10-21-16-24/h5-8,10,13,16-17H,2-4,9,11-12,14-15H2,1H3,(H,22,25)/t17-/m1/s1. The summed E-state index contributed by atoms with van der Waals surface area (Å²) in [6.45, 7) is 7.32. The van der Waals surface area contributed by atoms with E-state index in [1.165, 1.54) is 25.9 Å². The molecule has 134 valence electrons. The molecule has 25 heavy (non-hydrogen) atoms. The molecule has 0 radical (unpaired) electrons. The van der Waals surface area contributed by atoms with Gasteiger partial charge in [0.2, 0.25) is 0 Å². The molecule has 1 atom stereocenters. The molecule has 3 rings (SSSR count). The lowest BCUT2D eigenvalue weighted by Crippen LogP contribution is -2.36. The number of hydrogen-bond acceptors (Lipinski definition) is 3. The summed E-state index contributed by atoms with van der Waals surface area (Å²) in [6.07, 6.45) is 9.17. The molecule has 1 fully saturated rings. The van der Waals surface area contributed by atoms with Crippen LogP contribution in [0.2, 0.25) is 0 Å². The summed E-state index contributed by atoms with van der Waals surface area (Å²) in [5.74, 6) is 0.824. The minimum Gasteiger partial charge on any atom is -0.352 e.